The largest absolute Gasteiger partial charge is 0.352 e. The summed E-state index contributed by atoms with van der Waals surface area (Å²) in [6, 6.07) is 3.25. The van der Waals surface area contributed by atoms with E-state index in [0.29, 0.717) is 18.5 Å². The van der Waals surface area contributed by atoms with Crippen LogP contribution in [0.15, 0.2) is 24.5 Å². The van der Waals surface area contributed by atoms with Gasteiger partial charge in [-0.05, 0) is 24.5 Å². The molecule has 0 spiro atoms. The van der Waals surface area contributed by atoms with Gasteiger partial charge in [-0.2, -0.15) is 0 Å². The number of hydrogen-bond acceptors (Lipinski definition) is 4. The van der Waals surface area contributed by atoms with E-state index in [-0.39, 0.29) is 23.3 Å². The fourth-order valence-electron chi connectivity index (χ4n) is 1.88. The maximum Gasteiger partial charge on any atom is 0.251 e. The van der Waals surface area contributed by atoms with E-state index in [1.54, 1.807) is 24.5 Å². The lowest BCUT2D eigenvalue weighted by Crippen LogP contribution is -2.29. The lowest BCUT2D eigenvalue weighted by Gasteiger charge is -2.09. The Balaban J connectivity index is 1.86. The molecule has 1 fully saturated rings. The minimum Gasteiger partial charge on any atom is -0.352 e. The molecule has 0 saturated carbocycles. The molecule has 1 aromatic rings. The highest BCUT2D eigenvalue weighted by molar-refractivity contribution is 7.91. The molecule has 6 heteroatoms. The smallest absolute Gasteiger partial charge is 0.251 e. The highest BCUT2D eigenvalue weighted by atomic mass is 32.2. The zero-order chi connectivity index (χ0) is 12.3. The summed E-state index contributed by atoms with van der Waals surface area (Å²) in [7, 11) is -2.87. The molecule has 0 aliphatic carbocycles. The van der Waals surface area contributed by atoms with Crippen molar-refractivity contribution in [3.63, 3.8) is 0 Å². The van der Waals surface area contributed by atoms with Crippen molar-refractivity contribution in [3.8, 4) is 0 Å². The molecule has 1 aliphatic heterocycles. The van der Waals surface area contributed by atoms with Gasteiger partial charge in [0.05, 0.1) is 11.5 Å². The maximum atomic E-state index is 11.7. The number of amides is 1. The summed E-state index contributed by atoms with van der Waals surface area (Å²) in [4.78, 5) is 15.5. The molecule has 1 N–H and O–H groups in total. The molecule has 1 amide bonds. The molecule has 0 bridgehead atoms. The van der Waals surface area contributed by atoms with E-state index in [0.717, 1.165) is 0 Å². The van der Waals surface area contributed by atoms with E-state index >= 15 is 0 Å². The van der Waals surface area contributed by atoms with Crippen molar-refractivity contribution in [1.29, 1.82) is 0 Å². The van der Waals surface area contributed by atoms with Crippen molar-refractivity contribution in [2.75, 3.05) is 18.1 Å². The SMILES string of the molecule is O=C(NCC1CCS(=O)(=O)C1)c1ccncc1. The van der Waals surface area contributed by atoms with E-state index in [1.165, 1.54) is 0 Å². The quantitative estimate of drug-likeness (QED) is 0.838. The average Bonchev–Trinajstić information content (AvgIpc) is 2.67. The number of pyridine rings is 1. The number of carbonyl (C=O) groups excluding carboxylic acids is 1. The van der Waals surface area contributed by atoms with Gasteiger partial charge in [0.25, 0.3) is 5.91 Å². The first-order valence-electron chi connectivity index (χ1n) is 5.45. The van der Waals surface area contributed by atoms with Gasteiger partial charge in [-0.25, -0.2) is 8.42 Å². The summed E-state index contributed by atoms with van der Waals surface area (Å²) >= 11 is 0. The number of nitrogens with one attached hydrogen (secondary N) is 1. The van der Waals surface area contributed by atoms with Crippen LogP contribution in [0, 0.1) is 5.92 Å². The van der Waals surface area contributed by atoms with Crippen molar-refractivity contribution < 1.29 is 13.2 Å². The summed E-state index contributed by atoms with van der Waals surface area (Å²) in [6.07, 6.45) is 3.74. The Kier molecular flexibility index (Phi) is 3.42. The summed E-state index contributed by atoms with van der Waals surface area (Å²) in [6.45, 7) is 0.417. The van der Waals surface area contributed by atoms with Crippen LogP contribution in [0.4, 0.5) is 0 Å². The predicted molar refractivity (Wildman–Crippen MR) is 63.3 cm³/mol. The number of rotatable bonds is 3. The van der Waals surface area contributed by atoms with Crippen LogP contribution in [-0.2, 0) is 9.84 Å². The Labute approximate surface area is 100 Å². The van der Waals surface area contributed by atoms with Gasteiger partial charge in [0.1, 0.15) is 0 Å². The molecule has 0 radical (unpaired) electrons. The van der Waals surface area contributed by atoms with Crippen LogP contribution in [0.3, 0.4) is 0 Å². The first kappa shape index (κ1) is 12.0. The first-order chi connectivity index (χ1) is 8.07. The second kappa shape index (κ2) is 4.83. The molecule has 17 heavy (non-hydrogen) atoms. The minimum absolute atomic E-state index is 0.0470. The van der Waals surface area contributed by atoms with Gasteiger partial charge < -0.3 is 5.32 Å². The summed E-state index contributed by atoms with van der Waals surface area (Å²) < 4.78 is 22.5. The fraction of sp³-hybridized carbons (Fsp3) is 0.455. The Morgan fingerprint density at radius 3 is 2.71 bits per heavy atom. The summed E-state index contributed by atoms with van der Waals surface area (Å²) in [5.74, 6) is 0.286. The number of nitrogens with zero attached hydrogens (tertiary/aromatic N) is 1. The molecule has 92 valence electrons. The Hall–Kier alpha value is -1.43. The van der Waals surface area contributed by atoms with E-state index in [9.17, 15) is 13.2 Å². The highest BCUT2D eigenvalue weighted by Gasteiger charge is 2.27. The van der Waals surface area contributed by atoms with Gasteiger partial charge in [0.2, 0.25) is 0 Å². The molecule has 1 atom stereocenters. The van der Waals surface area contributed by atoms with Crippen molar-refractivity contribution in [2.24, 2.45) is 5.92 Å². The zero-order valence-electron chi connectivity index (χ0n) is 9.30. The lowest BCUT2D eigenvalue weighted by atomic mass is 10.1. The Bertz CT molecular complexity index is 499. The number of aromatic nitrogens is 1. The van der Waals surface area contributed by atoms with Crippen LogP contribution in [0.25, 0.3) is 0 Å². The minimum atomic E-state index is -2.87. The van der Waals surface area contributed by atoms with E-state index < -0.39 is 9.84 Å². The van der Waals surface area contributed by atoms with Crippen LogP contribution < -0.4 is 5.32 Å². The number of sulfone groups is 1. The van der Waals surface area contributed by atoms with Gasteiger partial charge in [-0.3, -0.25) is 9.78 Å². The van der Waals surface area contributed by atoms with Gasteiger partial charge in [0.15, 0.2) is 9.84 Å². The first-order valence-corrected chi connectivity index (χ1v) is 7.27. The van der Waals surface area contributed by atoms with Gasteiger partial charge in [0, 0.05) is 24.5 Å². The number of carbonyl (C=O) groups is 1. The molecular formula is C11H14N2O3S. The lowest BCUT2D eigenvalue weighted by molar-refractivity contribution is 0.0948. The molecule has 5 nitrogen and oxygen atoms in total. The van der Waals surface area contributed by atoms with Gasteiger partial charge in [-0.15, -0.1) is 0 Å². The molecule has 0 aromatic carbocycles. The fourth-order valence-corrected chi connectivity index (χ4v) is 3.74. The van der Waals surface area contributed by atoms with Crippen LogP contribution in [0.2, 0.25) is 0 Å². The average molecular weight is 254 g/mol. The second-order valence-electron chi connectivity index (χ2n) is 4.21. The molecule has 1 aromatic heterocycles. The van der Waals surface area contributed by atoms with E-state index in [2.05, 4.69) is 10.3 Å². The third-order valence-electron chi connectivity index (χ3n) is 2.82. The molecule has 2 heterocycles. The van der Waals surface area contributed by atoms with Crippen molar-refractivity contribution in [2.45, 2.75) is 6.42 Å². The number of hydrogen-bond donors (Lipinski definition) is 1. The summed E-state index contributed by atoms with van der Waals surface area (Å²) in [5, 5.41) is 2.75. The summed E-state index contributed by atoms with van der Waals surface area (Å²) in [5.41, 5.74) is 0.542. The van der Waals surface area contributed by atoms with Crippen molar-refractivity contribution in [1.82, 2.24) is 10.3 Å². The monoisotopic (exact) mass is 254 g/mol. The Morgan fingerprint density at radius 1 is 1.41 bits per heavy atom. The van der Waals surface area contributed by atoms with Crippen LogP contribution in [-0.4, -0.2) is 37.4 Å². The molecule has 1 aliphatic rings. The predicted octanol–water partition coefficient (Wildman–Crippen LogP) is 0.246. The molecular weight excluding hydrogens is 240 g/mol. The van der Waals surface area contributed by atoms with Crippen LogP contribution in [0.1, 0.15) is 16.8 Å². The van der Waals surface area contributed by atoms with Gasteiger partial charge >= 0.3 is 0 Å². The van der Waals surface area contributed by atoms with Crippen molar-refractivity contribution in [3.05, 3.63) is 30.1 Å². The van der Waals surface area contributed by atoms with Crippen LogP contribution >= 0.6 is 0 Å². The molecule has 1 unspecified atom stereocenters. The van der Waals surface area contributed by atoms with Gasteiger partial charge in [-0.1, -0.05) is 0 Å². The van der Waals surface area contributed by atoms with E-state index in [1.807, 2.05) is 0 Å². The standard InChI is InChI=1S/C11H14N2O3S/c14-11(10-1-4-12-5-2-10)13-7-9-3-6-17(15,16)8-9/h1-2,4-5,9H,3,6-8H2,(H,13,14). The van der Waals surface area contributed by atoms with E-state index in [4.69, 9.17) is 0 Å². The topological polar surface area (TPSA) is 76.1 Å². The molecule has 2 rings (SSSR count). The van der Waals surface area contributed by atoms with Crippen LogP contribution in [0.5, 0.6) is 0 Å². The highest BCUT2D eigenvalue weighted by Crippen LogP contribution is 2.17. The second-order valence-corrected chi connectivity index (χ2v) is 6.44. The maximum absolute atomic E-state index is 11.7. The third-order valence-corrected chi connectivity index (χ3v) is 4.66. The van der Waals surface area contributed by atoms with Crippen molar-refractivity contribution >= 4 is 15.7 Å². The zero-order valence-corrected chi connectivity index (χ0v) is 10.1. The third kappa shape index (κ3) is 3.26. The molecule has 1 saturated heterocycles. The normalized spacial score (nSPS) is 22.2. The Morgan fingerprint density at radius 2 is 2.12 bits per heavy atom.